The SMILES string of the molecule is CCCNCC(=Cc1cc2c(C)nn(C)c2nc1Cl)CC. The molecule has 21 heavy (non-hydrogen) atoms. The summed E-state index contributed by atoms with van der Waals surface area (Å²) in [6.07, 6.45) is 4.28. The van der Waals surface area contributed by atoms with Gasteiger partial charge in [0, 0.05) is 24.5 Å². The fourth-order valence-corrected chi connectivity index (χ4v) is 2.55. The first kappa shape index (κ1) is 16.0. The molecule has 0 radical (unpaired) electrons. The Kier molecular flexibility index (Phi) is 5.37. The van der Waals surface area contributed by atoms with Gasteiger partial charge in [0.25, 0.3) is 0 Å². The van der Waals surface area contributed by atoms with Gasteiger partial charge in [-0.2, -0.15) is 5.10 Å². The molecular weight excluding hydrogens is 284 g/mol. The number of nitrogens with zero attached hydrogens (tertiary/aromatic N) is 3. The number of nitrogens with one attached hydrogen (secondary N) is 1. The van der Waals surface area contributed by atoms with Crippen molar-refractivity contribution < 1.29 is 0 Å². The lowest BCUT2D eigenvalue weighted by Crippen LogP contribution is -2.17. The predicted molar refractivity (Wildman–Crippen MR) is 89.7 cm³/mol. The van der Waals surface area contributed by atoms with E-state index in [0.29, 0.717) is 5.15 Å². The number of aromatic nitrogens is 3. The van der Waals surface area contributed by atoms with Crippen LogP contribution in [0.15, 0.2) is 11.6 Å². The molecule has 1 N–H and O–H groups in total. The summed E-state index contributed by atoms with van der Waals surface area (Å²) in [6.45, 7) is 8.25. The van der Waals surface area contributed by atoms with Crippen LogP contribution in [0, 0.1) is 6.92 Å². The van der Waals surface area contributed by atoms with Crippen molar-refractivity contribution in [3.05, 3.63) is 28.0 Å². The van der Waals surface area contributed by atoms with Crippen LogP contribution in [0.3, 0.4) is 0 Å². The molecule has 0 aliphatic carbocycles. The average molecular weight is 307 g/mol. The monoisotopic (exact) mass is 306 g/mol. The molecule has 0 saturated carbocycles. The number of hydrogen-bond acceptors (Lipinski definition) is 3. The van der Waals surface area contributed by atoms with E-state index in [-0.39, 0.29) is 0 Å². The summed E-state index contributed by atoms with van der Waals surface area (Å²) in [7, 11) is 1.89. The summed E-state index contributed by atoms with van der Waals surface area (Å²) in [5, 5.41) is 9.42. The fraction of sp³-hybridized carbons (Fsp3) is 0.500. The quantitative estimate of drug-likeness (QED) is 0.653. The Hall–Kier alpha value is -1.39. The van der Waals surface area contributed by atoms with Crippen molar-refractivity contribution in [2.75, 3.05) is 13.1 Å². The van der Waals surface area contributed by atoms with Crippen molar-refractivity contribution in [2.45, 2.75) is 33.6 Å². The Bertz CT molecular complexity index is 658. The molecule has 0 fully saturated rings. The maximum Gasteiger partial charge on any atom is 0.159 e. The van der Waals surface area contributed by atoms with E-state index in [4.69, 9.17) is 11.6 Å². The van der Waals surface area contributed by atoms with E-state index in [1.54, 1.807) is 4.68 Å². The molecule has 0 amide bonds. The molecule has 2 aromatic rings. The molecule has 0 aliphatic heterocycles. The molecule has 0 saturated heterocycles. The fourth-order valence-electron chi connectivity index (χ4n) is 2.36. The van der Waals surface area contributed by atoms with Gasteiger partial charge in [0.2, 0.25) is 0 Å². The van der Waals surface area contributed by atoms with Crippen molar-refractivity contribution >= 4 is 28.7 Å². The zero-order valence-corrected chi connectivity index (χ0v) is 14.0. The van der Waals surface area contributed by atoms with Gasteiger partial charge in [-0.05, 0) is 32.4 Å². The van der Waals surface area contributed by atoms with Gasteiger partial charge in [-0.3, -0.25) is 4.68 Å². The van der Waals surface area contributed by atoms with E-state index in [9.17, 15) is 0 Å². The van der Waals surface area contributed by atoms with Crippen molar-refractivity contribution in [2.24, 2.45) is 7.05 Å². The lowest BCUT2D eigenvalue weighted by atomic mass is 10.1. The molecule has 0 unspecified atom stereocenters. The molecule has 2 heterocycles. The summed E-state index contributed by atoms with van der Waals surface area (Å²) in [6, 6.07) is 2.09. The van der Waals surface area contributed by atoms with Crippen LogP contribution in [0.25, 0.3) is 17.1 Å². The van der Waals surface area contributed by atoms with Crippen LogP contribution < -0.4 is 5.32 Å². The minimum absolute atomic E-state index is 0.534. The van der Waals surface area contributed by atoms with Gasteiger partial charge < -0.3 is 5.32 Å². The molecule has 114 valence electrons. The van der Waals surface area contributed by atoms with E-state index >= 15 is 0 Å². The van der Waals surface area contributed by atoms with Crippen LogP contribution in [-0.2, 0) is 7.05 Å². The van der Waals surface area contributed by atoms with Gasteiger partial charge >= 0.3 is 0 Å². The highest BCUT2D eigenvalue weighted by Gasteiger charge is 2.10. The van der Waals surface area contributed by atoms with Crippen LogP contribution in [0.1, 0.15) is 37.9 Å². The third-order valence-corrected chi connectivity index (χ3v) is 3.87. The number of aryl methyl sites for hydroxylation is 2. The maximum atomic E-state index is 6.33. The predicted octanol–water partition coefficient (Wildman–Crippen LogP) is 3.72. The molecule has 0 aromatic carbocycles. The Labute approximate surface area is 131 Å². The molecule has 2 aromatic heterocycles. The summed E-state index contributed by atoms with van der Waals surface area (Å²) in [5.41, 5.74) is 4.11. The Morgan fingerprint density at radius 2 is 2.19 bits per heavy atom. The molecule has 0 bridgehead atoms. The molecule has 4 nitrogen and oxygen atoms in total. The van der Waals surface area contributed by atoms with Crippen molar-refractivity contribution in [3.63, 3.8) is 0 Å². The third kappa shape index (κ3) is 3.63. The second-order valence-electron chi connectivity index (χ2n) is 5.28. The lowest BCUT2D eigenvalue weighted by molar-refractivity contribution is 0.706. The number of rotatable bonds is 6. The number of pyridine rings is 1. The van der Waals surface area contributed by atoms with Gasteiger partial charge in [0.05, 0.1) is 5.69 Å². The highest BCUT2D eigenvalue weighted by atomic mass is 35.5. The van der Waals surface area contributed by atoms with Gasteiger partial charge in [-0.15, -0.1) is 0 Å². The first-order chi connectivity index (χ1) is 10.1. The Morgan fingerprint density at radius 3 is 2.86 bits per heavy atom. The largest absolute Gasteiger partial charge is 0.313 e. The molecule has 2 rings (SSSR count). The zero-order chi connectivity index (χ0) is 15.4. The van der Waals surface area contributed by atoms with Crippen molar-refractivity contribution in [1.29, 1.82) is 0 Å². The van der Waals surface area contributed by atoms with Gasteiger partial charge in [-0.25, -0.2) is 4.98 Å². The summed E-state index contributed by atoms with van der Waals surface area (Å²) in [4.78, 5) is 4.48. The van der Waals surface area contributed by atoms with Crippen LogP contribution in [0.2, 0.25) is 5.15 Å². The van der Waals surface area contributed by atoms with Crippen LogP contribution in [0.4, 0.5) is 0 Å². The molecular formula is C16H23ClN4. The van der Waals surface area contributed by atoms with Crippen LogP contribution in [0.5, 0.6) is 0 Å². The molecule has 5 heteroatoms. The van der Waals surface area contributed by atoms with Crippen molar-refractivity contribution in [3.8, 4) is 0 Å². The van der Waals surface area contributed by atoms with Gasteiger partial charge in [-0.1, -0.05) is 37.1 Å². The van der Waals surface area contributed by atoms with Crippen LogP contribution >= 0.6 is 11.6 Å². The van der Waals surface area contributed by atoms with Gasteiger partial charge in [0.15, 0.2) is 5.65 Å². The first-order valence-corrected chi connectivity index (χ1v) is 7.84. The second kappa shape index (κ2) is 7.05. The minimum atomic E-state index is 0.534. The molecule has 0 spiro atoms. The third-order valence-electron chi connectivity index (χ3n) is 3.57. The number of halogens is 1. The van der Waals surface area contributed by atoms with E-state index in [2.05, 4.69) is 41.4 Å². The normalized spacial score (nSPS) is 12.3. The van der Waals surface area contributed by atoms with Gasteiger partial charge in [0.1, 0.15) is 5.15 Å². The van der Waals surface area contributed by atoms with E-state index in [0.717, 1.165) is 48.2 Å². The molecule has 0 aliphatic rings. The minimum Gasteiger partial charge on any atom is -0.313 e. The highest BCUT2D eigenvalue weighted by Crippen LogP contribution is 2.24. The average Bonchev–Trinajstić information content (AvgIpc) is 2.73. The number of fused-ring (bicyclic) bond motifs is 1. The topological polar surface area (TPSA) is 42.7 Å². The number of hydrogen-bond donors (Lipinski definition) is 1. The summed E-state index contributed by atoms with van der Waals surface area (Å²) < 4.78 is 1.77. The van der Waals surface area contributed by atoms with E-state index in [1.165, 1.54) is 5.57 Å². The Morgan fingerprint density at radius 1 is 1.43 bits per heavy atom. The molecule has 0 atom stereocenters. The zero-order valence-electron chi connectivity index (χ0n) is 13.2. The van der Waals surface area contributed by atoms with E-state index < -0.39 is 0 Å². The standard InChI is InChI=1S/C16H23ClN4/c1-5-7-18-10-12(6-2)8-13-9-14-11(3)20-21(4)16(14)19-15(13)17/h8-9,18H,5-7,10H2,1-4H3. The Balaban J connectivity index is 2.36. The summed E-state index contributed by atoms with van der Waals surface area (Å²) in [5.74, 6) is 0. The van der Waals surface area contributed by atoms with Crippen molar-refractivity contribution in [1.82, 2.24) is 20.1 Å². The summed E-state index contributed by atoms with van der Waals surface area (Å²) >= 11 is 6.33. The second-order valence-corrected chi connectivity index (χ2v) is 5.64. The smallest absolute Gasteiger partial charge is 0.159 e. The first-order valence-electron chi connectivity index (χ1n) is 7.46. The van der Waals surface area contributed by atoms with E-state index in [1.807, 2.05) is 14.0 Å². The van der Waals surface area contributed by atoms with Crippen LogP contribution in [-0.4, -0.2) is 27.9 Å². The lowest BCUT2D eigenvalue weighted by Gasteiger charge is -2.07. The maximum absolute atomic E-state index is 6.33. The highest BCUT2D eigenvalue weighted by molar-refractivity contribution is 6.31.